The Balaban J connectivity index is 2.92. The highest BCUT2D eigenvalue weighted by molar-refractivity contribution is 5.42. The third kappa shape index (κ3) is 4.20. The van der Waals surface area contributed by atoms with E-state index in [0.29, 0.717) is 0 Å². The summed E-state index contributed by atoms with van der Waals surface area (Å²) in [5, 5.41) is 12.6. The number of aliphatic hydroxyl groups is 1. The summed E-state index contributed by atoms with van der Waals surface area (Å²) in [4.78, 5) is 0. The lowest BCUT2D eigenvalue weighted by Gasteiger charge is -2.19. The smallest absolute Gasteiger partial charge is 0.127 e. The summed E-state index contributed by atoms with van der Waals surface area (Å²) in [6, 6.07) is 5.96. The molecule has 0 heterocycles. The Morgan fingerprint density at radius 1 is 1.33 bits per heavy atom. The first-order valence-electron chi connectivity index (χ1n) is 6.30. The van der Waals surface area contributed by atoms with E-state index in [4.69, 9.17) is 9.47 Å². The second-order valence-electron chi connectivity index (χ2n) is 4.34. The lowest BCUT2D eigenvalue weighted by atomic mass is 10.1. The normalized spacial score (nSPS) is 14.1. The molecule has 0 saturated heterocycles. The van der Waals surface area contributed by atoms with Crippen molar-refractivity contribution in [2.45, 2.75) is 32.9 Å². The first kappa shape index (κ1) is 14.8. The molecule has 102 valence electrons. The molecule has 2 atom stereocenters. The molecule has 0 spiro atoms. The molecule has 1 aromatic carbocycles. The number of hydrogen-bond acceptors (Lipinski definition) is 4. The third-order valence-electron chi connectivity index (χ3n) is 2.68. The monoisotopic (exact) mass is 253 g/mol. The van der Waals surface area contributed by atoms with Gasteiger partial charge in [0.05, 0.1) is 13.2 Å². The van der Waals surface area contributed by atoms with Gasteiger partial charge in [-0.3, -0.25) is 0 Å². The summed E-state index contributed by atoms with van der Waals surface area (Å²) in [6.07, 6.45) is -0.488. The lowest BCUT2D eigenvalue weighted by molar-refractivity contribution is 0.121. The largest absolute Gasteiger partial charge is 0.497 e. The first-order chi connectivity index (χ1) is 8.58. The summed E-state index contributed by atoms with van der Waals surface area (Å²) in [5.74, 6) is 1.51. The number of methoxy groups -OCH3 is 1. The molecule has 0 amide bonds. The molecule has 0 aliphatic carbocycles. The molecule has 0 fully saturated rings. The van der Waals surface area contributed by atoms with Crippen molar-refractivity contribution in [3.05, 3.63) is 23.8 Å². The number of nitrogens with one attached hydrogen (secondary N) is 1. The average Bonchev–Trinajstić information content (AvgIpc) is 2.36. The van der Waals surface area contributed by atoms with Gasteiger partial charge in [-0.2, -0.15) is 0 Å². The van der Waals surface area contributed by atoms with E-state index in [1.165, 1.54) is 0 Å². The van der Waals surface area contributed by atoms with E-state index < -0.39 is 6.10 Å². The van der Waals surface area contributed by atoms with Gasteiger partial charge in [0, 0.05) is 17.7 Å². The van der Waals surface area contributed by atoms with Crippen LogP contribution in [-0.2, 0) is 0 Å². The van der Waals surface area contributed by atoms with Gasteiger partial charge in [0.2, 0.25) is 0 Å². The van der Waals surface area contributed by atoms with Gasteiger partial charge in [-0.25, -0.2) is 0 Å². The molecule has 0 saturated carbocycles. The van der Waals surface area contributed by atoms with Crippen LogP contribution >= 0.6 is 0 Å². The van der Waals surface area contributed by atoms with Crippen molar-refractivity contribution in [2.75, 3.05) is 20.3 Å². The Hall–Kier alpha value is -1.26. The van der Waals surface area contributed by atoms with Crippen LogP contribution in [0, 0.1) is 0 Å². The maximum Gasteiger partial charge on any atom is 0.127 e. The Kier molecular flexibility index (Phi) is 5.95. The molecular formula is C14H23NO3. The Bertz CT molecular complexity index is 366. The molecular weight excluding hydrogens is 230 g/mol. The van der Waals surface area contributed by atoms with Crippen LogP contribution in [0.4, 0.5) is 0 Å². The van der Waals surface area contributed by atoms with Crippen molar-refractivity contribution in [2.24, 2.45) is 0 Å². The lowest BCUT2D eigenvalue weighted by Crippen LogP contribution is -2.20. The Morgan fingerprint density at radius 3 is 2.61 bits per heavy atom. The standard InChI is InChI=1S/C14H23NO3/c1-5-15-11(3)13-7-6-12(17-4)8-14(13)18-9-10(2)16/h6-8,10-11,15-16H,5,9H2,1-4H3. The van der Waals surface area contributed by atoms with Gasteiger partial charge in [-0.05, 0) is 26.5 Å². The topological polar surface area (TPSA) is 50.7 Å². The number of aliphatic hydroxyl groups excluding tert-OH is 1. The van der Waals surface area contributed by atoms with Gasteiger partial charge in [-0.15, -0.1) is 0 Å². The molecule has 2 unspecified atom stereocenters. The van der Waals surface area contributed by atoms with E-state index in [-0.39, 0.29) is 12.6 Å². The zero-order chi connectivity index (χ0) is 13.5. The summed E-state index contributed by atoms with van der Waals surface area (Å²) >= 11 is 0. The quantitative estimate of drug-likeness (QED) is 0.781. The van der Waals surface area contributed by atoms with E-state index >= 15 is 0 Å². The molecule has 0 aromatic heterocycles. The predicted octanol–water partition coefficient (Wildman–Crippen LogP) is 2.13. The molecule has 0 aliphatic heterocycles. The molecule has 4 heteroatoms. The van der Waals surface area contributed by atoms with Gasteiger partial charge in [-0.1, -0.05) is 13.0 Å². The third-order valence-corrected chi connectivity index (χ3v) is 2.68. The summed E-state index contributed by atoms with van der Waals surface area (Å²) < 4.78 is 10.8. The van der Waals surface area contributed by atoms with E-state index in [1.807, 2.05) is 18.2 Å². The molecule has 0 radical (unpaired) electrons. The second-order valence-corrected chi connectivity index (χ2v) is 4.34. The molecule has 1 aromatic rings. The molecule has 18 heavy (non-hydrogen) atoms. The minimum absolute atomic E-state index is 0.199. The van der Waals surface area contributed by atoms with Gasteiger partial charge in [0.1, 0.15) is 18.1 Å². The highest BCUT2D eigenvalue weighted by Crippen LogP contribution is 2.29. The van der Waals surface area contributed by atoms with Crippen molar-refractivity contribution in [3.8, 4) is 11.5 Å². The number of rotatable bonds is 7. The fraction of sp³-hybridized carbons (Fsp3) is 0.571. The number of hydrogen-bond donors (Lipinski definition) is 2. The van der Waals surface area contributed by atoms with E-state index in [9.17, 15) is 5.11 Å². The van der Waals surface area contributed by atoms with Crippen LogP contribution < -0.4 is 14.8 Å². The molecule has 1 rings (SSSR count). The average molecular weight is 253 g/mol. The Morgan fingerprint density at radius 2 is 2.06 bits per heavy atom. The molecule has 0 bridgehead atoms. The van der Waals surface area contributed by atoms with E-state index in [1.54, 1.807) is 14.0 Å². The zero-order valence-corrected chi connectivity index (χ0v) is 11.6. The van der Waals surface area contributed by atoms with Crippen LogP contribution in [0.3, 0.4) is 0 Å². The maximum absolute atomic E-state index is 9.30. The second kappa shape index (κ2) is 7.24. The van der Waals surface area contributed by atoms with Crippen LogP contribution in [0.2, 0.25) is 0 Å². The van der Waals surface area contributed by atoms with Crippen LogP contribution in [0.1, 0.15) is 32.4 Å². The van der Waals surface area contributed by atoms with Crippen LogP contribution in [-0.4, -0.2) is 31.5 Å². The van der Waals surface area contributed by atoms with Crippen molar-refractivity contribution in [3.63, 3.8) is 0 Å². The number of ether oxygens (including phenoxy) is 2. The fourth-order valence-electron chi connectivity index (χ4n) is 1.75. The van der Waals surface area contributed by atoms with Gasteiger partial charge >= 0.3 is 0 Å². The van der Waals surface area contributed by atoms with Crippen molar-refractivity contribution < 1.29 is 14.6 Å². The minimum Gasteiger partial charge on any atom is -0.497 e. The Labute approximate surface area is 109 Å². The van der Waals surface area contributed by atoms with Gasteiger partial charge < -0.3 is 19.9 Å². The van der Waals surface area contributed by atoms with E-state index in [2.05, 4.69) is 19.2 Å². The van der Waals surface area contributed by atoms with E-state index in [0.717, 1.165) is 23.6 Å². The predicted molar refractivity (Wildman–Crippen MR) is 72.3 cm³/mol. The first-order valence-corrected chi connectivity index (χ1v) is 6.30. The molecule has 0 aliphatic rings. The van der Waals surface area contributed by atoms with Crippen molar-refractivity contribution in [1.29, 1.82) is 0 Å². The molecule has 4 nitrogen and oxygen atoms in total. The van der Waals surface area contributed by atoms with Crippen LogP contribution in [0.25, 0.3) is 0 Å². The highest BCUT2D eigenvalue weighted by Gasteiger charge is 2.12. The van der Waals surface area contributed by atoms with Crippen molar-refractivity contribution >= 4 is 0 Å². The SMILES string of the molecule is CCNC(C)c1ccc(OC)cc1OCC(C)O. The van der Waals surface area contributed by atoms with Crippen LogP contribution in [0.15, 0.2) is 18.2 Å². The van der Waals surface area contributed by atoms with Crippen LogP contribution in [0.5, 0.6) is 11.5 Å². The maximum atomic E-state index is 9.30. The summed E-state index contributed by atoms with van der Waals surface area (Å²) in [6.45, 7) is 7.02. The van der Waals surface area contributed by atoms with Crippen molar-refractivity contribution in [1.82, 2.24) is 5.32 Å². The number of benzene rings is 1. The summed E-state index contributed by atoms with van der Waals surface area (Å²) in [7, 11) is 1.63. The molecule has 2 N–H and O–H groups in total. The summed E-state index contributed by atoms with van der Waals surface area (Å²) in [5.41, 5.74) is 1.07. The minimum atomic E-state index is -0.488. The highest BCUT2D eigenvalue weighted by atomic mass is 16.5. The van der Waals surface area contributed by atoms with Gasteiger partial charge in [0.15, 0.2) is 0 Å². The fourth-order valence-corrected chi connectivity index (χ4v) is 1.75. The zero-order valence-electron chi connectivity index (χ0n) is 11.6. The van der Waals surface area contributed by atoms with Gasteiger partial charge in [0.25, 0.3) is 0 Å².